The zero-order chi connectivity index (χ0) is 10.7. The lowest BCUT2D eigenvalue weighted by molar-refractivity contribution is 0.277. The highest BCUT2D eigenvalue weighted by atomic mass is 35.5. The predicted molar refractivity (Wildman–Crippen MR) is 58.4 cm³/mol. The number of nitrogens with zero attached hydrogens (tertiary/aromatic N) is 2. The molecule has 1 N–H and O–H groups in total. The van der Waals surface area contributed by atoms with Crippen LogP contribution >= 0.6 is 11.6 Å². The third-order valence-corrected chi connectivity index (χ3v) is 2.14. The third-order valence-electron chi connectivity index (χ3n) is 1.94. The first kappa shape index (κ1) is 10.1. The summed E-state index contributed by atoms with van der Waals surface area (Å²) >= 11 is 5.82. The van der Waals surface area contributed by atoms with E-state index in [0.29, 0.717) is 16.7 Å². The van der Waals surface area contributed by atoms with E-state index >= 15 is 0 Å². The number of aliphatic hydroxyl groups is 1. The van der Waals surface area contributed by atoms with Gasteiger partial charge in [0.25, 0.3) is 0 Å². The average Bonchev–Trinajstić information content (AvgIpc) is 2.29. The molecule has 0 spiro atoms. The molecule has 2 rings (SSSR count). The minimum absolute atomic E-state index is 0.137. The summed E-state index contributed by atoms with van der Waals surface area (Å²) in [6.45, 7) is -0.137. The van der Waals surface area contributed by atoms with Gasteiger partial charge in [-0.3, -0.25) is 0 Å². The number of hydrogen-bond donors (Lipinski definition) is 1. The molecule has 0 atom stereocenters. The van der Waals surface area contributed by atoms with Gasteiger partial charge in [-0.05, 0) is 6.07 Å². The Kier molecular flexibility index (Phi) is 2.94. The average molecular weight is 221 g/mol. The van der Waals surface area contributed by atoms with Crippen LogP contribution in [-0.4, -0.2) is 15.1 Å². The number of aromatic nitrogens is 2. The summed E-state index contributed by atoms with van der Waals surface area (Å²) in [5.74, 6) is 0.534. The predicted octanol–water partition coefficient (Wildman–Crippen LogP) is 2.29. The van der Waals surface area contributed by atoms with Crippen molar-refractivity contribution in [3.63, 3.8) is 0 Å². The van der Waals surface area contributed by atoms with Crippen LogP contribution in [0.4, 0.5) is 0 Å². The molecule has 0 aliphatic rings. The molecule has 1 heterocycles. The summed E-state index contributed by atoms with van der Waals surface area (Å²) in [4.78, 5) is 8.27. The first-order valence-corrected chi connectivity index (χ1v) is 4.87. The Bertz CT molecular complexity index is 459. The van der Waals surface area contributed by atoms with Crippen LogP contribution in [0.2, 0.25) is 5.15 Å². The van der Waals surface area contributed by atoms with Crippen LogP contribution in [0.5, 0.6) is 0 Å². The standard InChI is InChI=1S/C11H9ClN2O/c12-10-6-9(7-15)13-11(14-10)8-4-2-1-3-5-8/h1-6,15H,7H2. The molecule has 76 valence electrons. The van der Waals surface area contributed by atoms with Crippen molar-refractivity contribution in [2.24, 2.45) is 0 Å². The molecule has 0 saturated heterocycles. The molecule has 0 aliphatic carbocycles. The van der Waals surface area contributed by atoms with Crippen LogP contribution in [0.1, 0.15) is 5.69 Å². The van der Waals surface area contributed by atoms with E-state index in [1.54, 1.807) is 6.07 Å². The lowest BCUT2D eigenvalue weighted by Gasteiger charge is -2.02. The van der Waals surface area contributed by atoms with E-state index in [1.807, 2.05) is 30.3 Å². The minimum Gasteiger partial charge on any atom is -0.390 e. The molecule has 4 heteroatoms. The fraction of sp³-hybridized carbons (Fsp3) is 0.0909. The second kappa shape index (κ2) is 4.38. The van der Waals surface area contributed by atoms with Crippen molar-refractivity contribution in [2.45, 2.75) is 6.61 Å². The lowest BCUT2D eigenvalue weighted by Crippen LogP contribution is -1.95. The largest absolute Gasteiger partial charge is 0.390 e. The highest BCUT2D eigenvalue weighted by molar-refractivity contribution is 6.29. The van der Waals surface area contributed by atoms with E-state index in [-0.39, 0.29) is 6.61 Å². The van der Waals surface area contributed by atoms with Gasteiger partial charge in [0.1, 0.15) is 5.15 Å². The van der Waals surface area contributed by atoms with Crippen molar-refractivity contribution in [1.82, 2.24) is 9.97 Å². The SMILES string of the molecule is OCc1cc(Cl)nc(-c2ccccc2)n1. The van der Waals surface area contributed by atoms with Crippen LogP contribution in [0.15, 0.2) is 36.4 Å². The molecule has 1 aromatic carbocycles. The number of benzene rings is 1. The Balaban J connectivity index is 2.49. The van der Waals surface area contributed by atoms with E-state index < -0.39 is 0 Å². The van der Waals surface area contributed by atoms with E-state index in [2.05, 4.69) is 9.97 Å². The van der Waals surface area contributed by atoms with Crippen molar-refractivity contribution in [3.8, 4) is 11.4 Å². The van der Waals surface area contributed by atoms with Crippen LogP contribution in [0.3, 0.4) is 0 Å². The fourth-order valence-corrected chi connectivity index (χ4v) is 1.47. The summed E-state index contributed by atoms with van der Waals surface area (Å²) < 4.78 is 0. The highest BCUT2D eigenvalue weighted by Crippen LogP contribution is 2.17. The van der Waals surface area contributed by atoms with Crippen molar-refractivity contribution in [2.75, 3.05) is 0 Å². The lowest BCUT2D eigenvalue weighted by atomic mass is 10.2. The Labute approximate surface area is 92.4 Å². The van der Waals surface area contributed by atoms with Gasteiger partial charge in [-0.25, -0.2) is 9.97 Å². The molecule has 1 aromatic heterocycles. The molecule has 2 aromatic rings. The van der Waals surface area contributed by atoms with E-state index in [4.69, 9.17) is 16.7 Å². The molecule has 3 nitrogen and oxygen atoms in total. The number of aliphatic hydroxyl groups excluding tert-OH is 1. The first-order valence-electron chi connectivity index (χ1n) is 4.49. The van der Waals surface area contributed by atoms with Crippen molar-refractivity contribution in [3.05, 3.63) is 47.2 Å². The molecule has 0 aliphatic heterocycles. The molecule has 15 heavy (non-hydrogen) atoms. The van der Waals surface area contributed by atoms with Crippen molar-refractivity contribution < 1.29 is 5.11 Å². The number of hydrogen-bond acceptors (Lipinski definition) is 3. The van der Waals surface area contributed by atoms with Crippen LogP contribution in [0.25, 0.3) is 11.4 Å². The molecule has 0 saturated carbocycles. The number of rotatable bonds is 2. The van der Waals surface area contributed by atoms with Gasteiger partial charge >= 0.3 is 0 Å². The summed E-state index contributed by atoms with van der Waals surface area (Å²) in [6, 6.07) is 11.1. The first-order chi connectivity index (χ1) is 7.29. The van der Waals surface area contributed by atoms with Crippen LogP contribution < -0.4 is 0 Å². The van der Waals surface area contributed by atoms with Crippen molar-refractivity contribution in [1.29, 1.82) is 0 Å². The van der Waals surface area contributed by atoms with Gasteiger partial charge in [0.2, 0.25) is 0 Å². The van der Waals surface area contributed by atoms with E-state index in [9.17, 15) is 0 Å². The normalized spacial score (nSPS) is 10.3. The van der Waals surface area contributed by atoms with Crippen molar-refractivity contribution >= 4 is 11.6 Å². The zero-order valence-electron chi connectivity index (χ0n) is 7.89. The fourth-order valence-electron chi connectivity index (χ4n) is 1.26. The van der Waals surface area contributed by atoms with Gasteiger partial charge in [-0.1, -0.05) is 41.9 Å². The maximum atomic E-state index is 8.98. The highest BCUT2D eigenvalue weighted by Gasteiger charge is 2.04. The molecule has 0 unspecified atom stereocenters. The quantitative estimate of drug-likeness (QED) is 0.790. The summed E-state index contributed by atoms with van der Waals surface area (Å²) in [5, 5.41) is 9.33. The molecule has 0 radical (unpaired) electrons. The molecule has 0 bridgehead atoms. The smallest absolute Gasteiger partial charge is 0.161 e. The topological polar surface area (TPSA) is 46.0 Å². The summed E-state index contributed by atoms with van der Waals surface area (Å²) in [5.41, 5.74) is 1.41. The van der Waals surface area contributed by atoms with E-state index in [1.165, 1.54) is 0 Å². The Morgan fingerprint density at radius 3 is 2.53 bits per heavy atom. The van der Waals surface area contributed by atoms with Gasteiger partial charge in [0.05, 0.1) is 12.3 Å². The second-order valence-electron chi connectivity index (χ2n) is 3.03. The van der Waals surface area contributed by atoms with Gasteiger partial charge in [0, 0.05) is 5.56 Å². The second-order valence-corrected chi connectivity index (χ2v) is 3.42. The molecule has 0 amide bonds. The molecule has 0 fully saturated rings. The molecular formula is C11H9ClN2O. The monoisotopic (exact) mass is 220 g/mol. The summed E-state index contributed by atoms with van der Waals surface area (Å²) in [7, 11) is 0. The third kappa shape index (κ3) is 2.32. The van der Waals surface area contributed by atoms with E-state index in [0.717, 1.165) is 5.56 Å². The number of halogens is 1. The summed E-state index contributed by atoms with van der Waals surface area (Å²) in [6.07, 6.45) is 0. The van der Waals surface area contributed by atoms with Gasteiger partial charge < -0.3 is 5.11 Å². The zero-order valence-corrected chi connectivity index (χ0v) is 8.65. The van der Waals surface area contributed by atoms with Crippen LogP contribution in [0, 0.1) is 0 Å². The maximum absolute atomic E-state index is 8.98. The Morgan fingerprint density at radius 2 is 1.87 bits per heavy atom. The Hall–Kier alpha value is -1.45. The van der Waals surface area contributed by atoms with Gasteiger partial charge in [-0.2, -0.15) is 0 Å². The van der Waals surface area contributed by atoms with Gasteiger partial charge in [0.15, 0.2) is 5.82 Å². The molecular weight excluding hydrogens is 212 g/mol. The maximum Gasteiger partial charge on any atom is 0.161 e. The Morgan fingerprint density at radius 1 is 1.13 bits per heavy atom. The minimum atomic E-state index is -0.137. The van der Waals surface area contributed by atoms with Gasteiger partial charge in [-0.15, -0.1) is 0 Å². The van der Waals surface area contributed by atoms with Crippen LogP contribution in [-0.2, 0) is 6.61 Å².